The normalized spacial score (nSPS) is 16.8. The van der Waals surface area contributed by atoms with E-state index >= 15 is 0 Å². The van der Waals surface area contributed by atoms with E-state index in [1.807, 2.05) is 17.0 Å². The maximum absolute atomic E-state index is 10.8. The third-order valence-corrected chi connectivity index (χ3v) is 5.43. The number of nitrogens with zero attached hydrogens (tertiary/aromatic N) is 1. The molecule has 0 N–H and O–H groups in total. The molecule has 4 nitrogen and oxygen atoms in total. The molecule has 0 unspecified atom stereocenters. The Bertz CT molecular complexity index is 884. The van der Waals surface area contributed by atoms with Gasteiger partial charge in [-0.05, 0) is 28.8 Å². The summed E-state index contributed by atoms with van der Waals surface area (Å²) in [5, 5.41) is 2.37. The summed E-state index contributed by atoms with van der Waals surface area (Å²) in [7, 11) is -4.18. The van der Waals surface area contributed by atoms with Crippen molar-refractivity contribution in [3.05, 3.63) is 54.2 Å². The molecule has 0 aromatic heterocycles. The van der Waals surface area contributed by atoms with Gasteiger partial charge >= 0.3 is 0 Å². The number of hydrogen-bond acceptors (Lipinski definition) is 4. The molecule has 122 valence electrons. The molecular formula is C18H20NO3S-. The Kier molecular flexibility index (Phi) is 3.73. The van der Waals surface area contributed by atoms with Gasteiger partial charge < -0.3 is 9.45 Å². The summed E-state index contributed by atoms with van der Waals surface area (Å²) in [4.78, 5) is 2.05. The highest BCUT2D eigenvalue weighted by Crippen LogP contribution is 2.49. The Morgan fingerprint density at radius 2 is 1.87 bits per heavy atom. The van der Waals surface area contributed by atoms with Crippen molar-refractivity contribution < 1.29 is 13.0 Å². The van der Waals surface area contributed by atoms with Crippen LogP contribution in [0.3, 0.4) is 0 Å². The molecule has 2 aromatic carbocycles. The van der Waals surface area contributed by atoms with Crippen LogP contribution in [0.1, 0.15) is 25.8 Å². The Balaban J connectivity index is 2.03. The lowest BCUT2D eigenvalue weighted by Crippen LogP contribution is -2.27. The van der Waals surface area contributed by atoms with E-state index in [-0.39, 0.29) is 11.2 Å². The molecule has 0 amide bonds. The largest absolute Gasteiger partial charge is 0.748 e. The van der Waals surface area contributed by atoms with Gasteiger partial charge in [-0.1, -0.05) is 50.8 Å². The van der Waals surface area contributed by atoms with Crippen LogP contribution < -0.4 is 4.90 Å². The van der Waals surface area contributed by atoms with Crippen LogP contribution in [0.2, 0.25) is 0 Å². The third-order valence-electron chi connectivity index (χ3n) is 4.65. The topological polar surface area (TPSA) is 60.4 Å². The minimum absolute atomic E-state index is 0.230. The molecule has 0 atom stereocenters. The lowest BCUT2D eigenvalue weighted by atomic mass is 9.82. The minimum Gasteiger partial charge on any atom is -0.748 e. The van der Waals surface area contributed by atoms with Gasteiger partial charge in [0.1, 0.15) is 0 Å². The fraction of sp³-hybridized carbons (Fsp3) is 0.333. The molecular weight excluding hydrogens is 310 g/mol. The van der Waals surface area contributed by atoms with Gasteiger partial charge in [0.15, 0.2) is 0 Å². The zero-order chi connectivity index (χ0) is 16.8. The van der Waals surface area contributed by atoms with Gasteiger partial charge in [-0.2, -0.15) is 0 Å². The van der Waals surface area contributed by atoms with Gasteiger partial charge in [0.05, 0.1) is 10.1 Å². The van der Waals surface area contributed by atoms with E-state index in [1.165, 1.54) is 16.3 Å². The van der Waals surface area contributed by atoms with E-state index in [0.29, 0.717) is 13.0 Å². The van der Waals surface area contributed by atoms with Crippen LogP contribution in [0.25, 0.3) is 10.8 Å². The van der Waals surface area contributed by atoms with Crippen LogP contribution in [0, 0.1) is 0 Å². The van der Waals surface area contributed by atoms with Gasteiger partial charge in [0, 0.05) is 29.1 Å². The zero-order valence-corrected chi connectivity index (χ0v) is 14.2. The molecule has 1 heterocycles. The molecule has 5 heteroatoms. The van der Waals surface area contributed by atoms with Crippen molar-refractivity contribution >= 4 is 26.6 Å². The first-order valence-electron chi connectivity index (χ1n) is 7.64. The maximum Gasteiger partial charge on any atom is 0.0946 e. The second kappa shape index (κ2) is 5.35. The van der Waals surface area contributed by atoms with Crippen molar-refractivity contribution in [2.45, 2.75) is 25.7 Å². The highest BCUT2D eigenvalue weighted by molar-refractivity contribution is 7.85. The minimum atomic E-state index is -4.18. The molecule has 0 saturated carbocycles. The summed E-state index contributed by atoms with van der Waals surface area (Å²) < 4.78 is 32.5. The van der Waals surface area contributed by atoms with Crippen molar-refractivity contribution in [3.8, 4) is 0 Å². The van der Waals surface area contributed by atoms with Crippen LogP contribution in [0.15, 0.2) is 48.7 Å². The summed E-state index contributed by atoms with van der Waals surface area (Å²) in [6.07, 6.45) is 0.299. The van der Waals surface area contributed by atoms with Gasteiger partial charge in [0.25, 0.3) is 0 Å². The van der Waals surface area contributed by atoms with Gasteiger partial charge in [0.2, 0.25) is 0 Å². The first-order valence-corrected chi connectivity index (χ1v) is 9.22. The van der Waals surface area contributed by atoms with Crippen molar-refractivity contribution in [3.63, 3.8) is 0 Å². The van der Waals surface area contributed by atoms with E-state index in [9.17, 15) is 13.0 Å². The lowest BCUT2D eigenvalue weighted by molar-refractivity contribution is 0.461. The first kappa shape index (κ1) is 16.0. The van der Waals surface area contributed by atoms with Crippen LogP contribution >= 0.6 is 0 Å². The second-order valence-corrected chi connectivity index (χ2v) is 8.04. The predicted octanol–water partition coefficient (Wildman–Crippen LogP) is 3.39. The Hall–Kier alpha value is -1.85. The molecule has 0 saturated heterocycles. The van der Waals surface area contributed by atoms with Gasteiger partial charge in [-0.15, -0.1) is 0 Å². The highest BCUT2D eigenvalue weighted by Gasteiger charge is 2.39. The fourth-order valence-corrected chi connectivity index (χ4v) is 3.91. The smallest absolute Gasteiger partial charge is 0.0946 e. The Labute approximate surface area is 137 Å². The quantitative estimate of drug-likeness (QED) is 0.806. The lowest BCUT2D eigenvalue weighted by Gasteiger charge is -2.26. The van der Waals surface area contributed by atoms with Crippen molar-refractivity contribution in [1.29, 1.82) is 0 Å². The Morgan fingerprint density at radius 3 is 2.57 bits per heavy atom. The fourth-order valence-electron chi connectivity index (χ4n) is 3.42. The van der Waals surface area contributed by atoms with Crippen molar-refractivity contribution in [2.24, 2.45) is 0 Å². The summed E-state index contributed by atoms with van der Waals surface area (Å²) in [6, 6.07) is 12.4. The molecule has 0 fully saturated rings. The molecule has 1 aliphatic rings. The summed E-state index contributed by atoms with van der Waals surface area (Å²) in [5.74, 6) is -0.347. The first-order chi connectivity index (χ1) is 10.7. The van der Waals surface area contributed by atoms with Gasteiger partial charge in [-0.25, -0.2) is 8.42 Å². The number of benzene rings is 2. The van der Waals surface area contributed by atoms with Crippen LogP contribution in [0.4, 0.5) is 5.69 Å². The standard InChI is InChI=1S/C18H21NO3S/c1-13-18(2,3)17-15-8-5-4-7-14(15)9-10-16(17)19(13)11-6-12-23(20,21)22/h4-5,7-10H,1,6,11-12H2,2-3H3,(H,20,21,22)/p-1. The predicted molar refractivity (Wildman–Crippen MR) is 92.6 cm³/mol. The van der Waals surface area contributed by atoms with E-state index in [0.717, 1.165) is 11.4 Å². The van der Waals surface area contributed by atoms with Gasteiger partial charge in [-0.3, -0.25) is 0 Å². The molecule has 2 aromatic rings. The molecule has 0 spiro atoms. The van der Waals surface area contributed by atoms with E-state index < -0.39 is 10.1 Å². The average molecular weight is 330 g/mol. The Morgan fingerprint density at radius 1 is 1.17 bits per heavy atom. The van der Waals surface area contributed by atoms with E-state index in [2.05, 4.69) is 44.7 Å². The monoisotopic (exact) mass is 330 g/mol. The molecule has 0 radical (unpaired) electrons. The van der Waals surface area contributed by atoms with E-state index in [4.69, 9.17) is 0 Å². The number of anilines is 1. The average Bonchev–Trinajstić information content (AvgIpc) is 2.67. The molecule has 1 aliphatic heterocycles. The van der Waals surface area contributed by atoms with Crippen LogP contribution in [-0.4, -0.2) is 25.3 Å². The van der Waals surface area contributed by atoms with Crippen molar-refractivity contribution in [1.82, 2.24) is 0 Å². The number of fused-ring (bicyclic) bond motifs is 3. The molecule has 3 rings (SSSR count). The summed E-state index contributed by atoms with van der Waals surface area (Å²) >= 11 is 0. The molecule has 0 bridgehead atoms. The number of allylic oxidation sites excluding steroid dienone is 1. The number of rotatable bonds is 4. The van der Waals surface area contributed by atoms with Crippen LogP contribution in [-0.2, 0) is 15.5 Å². The summed E-state index contributed by atoms with van der Waals surface area (Å²) in [5.41, 5.74) is 2.98. The van der Waals surface area contributed by atoms with Crippen molar-refractivity contribution in [2.75, 3.05) is 17.2 Å². The second-order valence-electron chi connectivity index (χ2n) is 6.52. The van der Waals surface area contributed by atoms with Crippen LogP contribution in [0.5, 0.6) is 0 Å². The van der Waals surface area contributed by atoms with E-state index in [1.54, 1.807) is 0 Å². The maximum atomic E-state index is 10.8. The SMILES string of the molecule is C=C1N(CCCS(=O)(=O)[O-])c2ccc3ccccc3c2C1(C)C. The third kappa shape index (κ3) is 2.75. The molecule has 23 heavy (non-hydrogen) atoms. The molecule has 0 aliphatic carbocycles. The summed E-state index contributed by atoms with van der Waals surface area (Å²) in [6.45, 7) is 8.96. The number of hydrogen-bond donors (Lipinski definition) is 0. The zero-order valence-electron chi connectivity index (χ0n) is 13.4. The highest BCUT2D eigenvalue weighted by atomic mass is 32.2.